The molecule has 0 aliphatic heterocycles. The number of nitrogens with one attached hydrogen (secondary N) is 1. The molecule has 3 aromatic rings. The molecule has 1 N–H and O–H groups in total. The first kappa shape index (κ1) is 20.0. The van der Waals surface area contributed by atoms with Gasteiger partial charge < -0.3 is 9.47 Å². The third-order valence-corrected chi connectivity index (χ3v) is 5.36. The van der Waals surface area contributed by atoms with Gasteiger partial charge in [-0.05, 0) is 36.4 Å². The Morgan fingerprint density at radius 1 is 1.07 bits per heavy atom. The zero-order valence-corrected chi connectivity index (χ0v) is 15.6. The number of halogens is 3. The first-order valence-corrected chi connectivity index (χ1v) is 10.1. The zero-order chi connectivity index (χ0) is 20.2. The van der Waals surface area contributed by atoms with Crippen molar-refractivity contribution in [2.75, 3.05) is 4.72 Å². The van der Waals surface area contributed by atoms with Crippen LogP contribution in [0.2, 0.25) is 0 Å². The summed E-state index contributed by atoms with van der Waals surface area (Å²) in [5.41, 5.74) is 2.66. The van der Waals surface area contributed by atoms with E-state index in [1.54, 1.807) is 17.6 Å². The first-order chi connectivity index (χ1) is 13.2. The smallest absolute Gasteiger partial charge is 0.487 e. The molecule has 1 heterocycles. The molecule has 0 aliphatic rings. The Labute approximate surface area is 162 Å². The van der Waals surface area contributed by atoms with Crippen LogP contribution in [0.5, 0.6) is 11.5 Å². The fraction of sp³-hybridized carbons (Fsp3) is 0.118. The summed E-state index contributed by atoms with van der Waals surface area (Å²) >= 11 is 1.43. The fourth-order valence-corrected chi connectivity index (χ4v) is 3.74. The fourth-order valence-electron chi connectivity index (χ4n) is 2.15. The highest BCUT2D eigenvalue weighted by atomic mass is 32.2. The van der Waals surface area contributed by atoms with Crippen LogP contribution in [-0.4, -0.2) is 19.8 Å². The lowest BCUT2D eigenvalue weighted by atomic mass is 10.3. The largest absolute Gasteiger partial charge is 0.573 e. The van der Waals surface area contributed by atoms with Crippen LogP contribution in [0.15, 0.2) is 64.3 Å². The Bertz CT molecular complexity index is 1020. The quantitative estimate of drug-likeness (QED) is 0.600. The molecule has 0 bridgehead atoms. The van der Waals surface area contributed by atoms with E-state index in [1.807, 2.05) is 5.38 Å². The zero-order valence-electron chi connectivity index (χ0n) is 14.0. The van der Waals surface area contributed by atoms with Crippen molar-refractivity contribution < 1.29 is 31.1 Å². The van der Waals surface area contributed by atoms with Crippen molar-refractivity contribution >= 4 is 27.0 Å². The Morgan fingerprint density at radius 3 is 2.46 bits per heavy atom. The molecule has 0 atom stereocenters. The van der Waals surface area contributed by atoms with Crippen LogP contribution in [0.25, 0.3) is 0 Å². The highest BCUT2D eigenvalue weighted by molar-refractivity contribution is 7.92. The number of sulfonamides is 1. The maximum Gasteiger partial charge on any atom is 0.573 e. The molecule has 6 nitrogen and oxygen atoms in total. The van der Waals surface area contributed by atoms with Crippen molar-refractivity contribution in [1.82, 2.24) is 4.98 Å². The lowest BCUT2D eigenvalue weighted by Gasteiger charge is -2.11. The maximum absolute atomic E-state index is 12.4. The molecule has 3 rings (SSSR count). The maximum atomic E-state index is 12.4. The van der Waals surface area contributed by atoms with Gasteiger partial charge in [-0.15, -0.1) is 24.5 Å². The molecule has 0 saturated carbocycles. The number of benzene rings is 2. The molecule has 11 heteroatoms. The number of anilines is 1. The summed E-state index contributed by atoms with van der Waals surface area (Å²) in [6.07, 6.45) is -4.85. The van der Waals surface area contributed by atoms with Gasteiger partial charge in [0.15, 0.2) is 0 Å². The SMILES string of the molecule is O=S(=O)(Nc1cccc(OCc2cscn2)c1)c1ccc(OC(F)(F)F)cc1. The van der Waals surface area contributed by atoms with Crippen LogP contribution in [0.4, 0.5) is 18.9 Å². The Balaban J connectivity index is 1.69. The van der Waals surface area contributed by atoms with Gasteiger partial charge >= 0.3 is 6.36 Å². The van der Waals surface area contributed by atoms with Crippen LogP contribution >= 0.6 is 11.3 Å². The van der Waals surface area contributed by atoms with Crippen molar-refractivity contribution in [3.8, 4) is 11.5 Å². The van der Waals surface area contributed by atoms with Gasteiger partial charge in [0.25, 0.3) is 10.0 Å². The second-order valence-corrected chi connectivity index (χ2v) is 7.82. The third-order valence-electron chi connectivity index (χ3n) is 3.32. The van der Waals surface area contributed by atoms with Gasteiger partial charge in [-0.2, -0.15) is 0 Å². The molecule has 0 unspecified atom stereocenters. The summed E-state index contributed by atoms with van der Waals surface area (Å²) in [5, 5.41) is 1.83. The topological polar surface area (TPSA) is 77.5 Å². The van der Waals surface area contributed by atoms with Gasteiger partial charge in [0.2, 0.25) is 0 Å². The monoisotopic (exact) mass is 430 g/mol. The molecule has 1 aromatic heterocycles. The minimum absolute atomic E-state index is 0.212. The second kappa shape index (κ2) is 8.07. The molecule has 0 radical (unpaired) electrons. The number of hydrogen-bond acceptors (Lipinski definition) is 6. The molecule has 2 aromatic carbocycles. The Kier molecular flexibility index (Phi) is 5.75. The highest BCUT2D eigenvalue weighted by Crippen LogP contribution is 2.25. The number of aromatic nitrogens is 1. The summed E-state index contributed by atoms with van der Waals surface area (Å²) in [6, 6.07) is 10.2. The lowest BCUT2D eigenvalue weighted by molar-refractivity contribution is -0.274. The van der Waals surface area contributed by atoms with E-state index >= 15 is 0 Å². The number of hydrogen-bond donors (Lipinski definition) is 1. The van der Waals surface area contributed by atoms with Crippen LogP contribution in [0.3, 0.4) is 0 Å². The molecule has 0 aliphatic carbocycles. The van der Waals surface area contributed by atoms with Crippen LogP contribution < -0.4 is 14.2 Å². The van der Waals surface area contributed by atoms with Crippen molar-refractivity contribution in [3.63, 3.8) is 0 Å². The minimum atomic E-state index is -4.85. The van der Waals surface area contributed by atoms with Gasteiger partial charge in [0, 0.05) is 11.4 Å². The van der Waals surface area contributed by atoms with Gasteiger partial charge in [0.1, 0.15) is 18.1 Å². The lowest BCUT2D eigenvalue weighted by Crippen LogP contribution is -2.17. The molecule has 148 valence electrons. The summed E-state index contributed by atoms with van der Waals surface area (Å²) in [7, 11) is -4.00. The number of thiazole rings is 1. The van der Waals surface area contributed by atoms with Gasteiger partial charge in [0.05, 0.1) is 21.8 Å². The van der Waals surface area contributed by atoms with E-state index in [-0.39, 0.29) is 17.2 Å². The van der Waals surface area contributed by atoms with Crippen LogP contribution in [0, 0.1) is 0 Å². The Hall–Kier alpha value is -2.79. The molecule has 28 heavy (non-hydrogen) atoms. The molecule has 0 spiro atoms. The summed E-state index contributed by atoms with van der Waals surface area (Å²) < 4.78 is 73.1. The summed E-state index contributed by atoms with van der Waals surface area (Å²) in [4.78, 5) is 3.87. The standard InChI is InChI=1S/C17H13F3N2O4S2/c18-17(19,20)26-14-4-6-16(7-5-14)28(23,24)22-12-2-1-3-15(8-12)25-9-13-10-27-11-21-13/h1-8,10-11,22H,9H2. The number of ether oxygens (including phenoxy) is 2. The van der Waals surface area contributed by atoms with Crippen molar-refractivity contribution in [3.05, 3.63) is 65.1 Å². The first-order valence-electron chi connectivity index (χ1n) is 7.70. The predicted molar refractivity (Wildman–Crippen MR) is 96.8 cm³/mol. The number of alkyl halides is 3. The average molecular weight is 430 g/mol. The van der Waals surface area contributed by atoms with Crippen molar-refractivity contribution in [1.29, 1.82) is 0 Å². The predicted octanol–water partition coefficient (Wildman–Crippen LogP) is 4.42. The normalized spacial score (nSPS) is 11.8. The summed E-state index contributed by atoms with van der Waals surface area (Å²) in [6.45, 7) is 0.236. The molecular weight excluding hydrogens is 417 g/mol. The van der Waals surface area contributed by atoms with Gasteiger partial charge in [-0.3, -0.25) is 4.72 Å². The van der Waals surface area contributed by atoms with E-state index in [4.69, 9.17) is 4.74 Å². The number of nitrogens with zero attached hydrogens (tertiary/aromatic N) is 1. The molecule has 0 fully saturated rings. The molecular formula is C17H13F3N2O4S2. The van der Waals surface area contributed by atoms with Crippen LogP contribution in [0.1, 0.15) is 5.69 Å². The molecule has 0 saturated heterocycles. The second-order valence-electron chi connectivity index (χ2n) is 5.42. The van der Waals surface area contributed by atoms with Crippen molar-refractivity contribution in [2.24, 2.45) is 0 Å². The van der Waals surface area contributed by atoms with E-state index < -0.39 is 22.1 Å². The minimum Gasteiger partial charge on any atom is -0.487 e. The van der Waals surface area contributed by atoms with E-state index in [2.05, 4.69) is 14.4 Å². The van der Waals surface area contributed by atoms with Gasteiger partial charge in [-0.25, -0.2) is 13.4 Å². The van der Waals surface area contributed by atoms with E-state index in [9.17, 15) is 21.6 Å². The van der Waals surface area contributed by atoms with Crippen LogP contribution in [-0.2, 0) is 16.6 Å². The van der Waals surface area contributed by atoms with Crippen molar-refractivity contribution in [2.45, 2.75) is 17.9 Å². The van der Waals surface area contributed by atoms with Gasteiger partial charge in [-0.1, -0.05) is 6.07 Å². The van der Waals surface area contributed by atoms with E-state index in [1.165, 1.54) is 23.5 Å². The molecule has 0 amide bonds. The number of rotatable bonds is 7. The van der Waals surface area contributed by atoms with E-state index in [0.717, 1.165) is 30.0 Å². The summed E-state index contributed by atoms with van der Waals surface area (Å²) in [5.74, 6) is -0.0778. The average Bonchev–Trinajstić information content (AvgIpc) is 3.12. The highest BCUT2D eigenvalue weighted by Gasteiger charge is 2.31. The van der Waals surface area contributed by atoms with E-state index in [0.29, 0.717) is 5.75 Å². The third kappa shape index (κ3) is 5.60. The Morgan fingerprint density at radius 2 is 1.82 bits per heavy atom.